The SMILES string of the molecule is Cn1cc(-c2cnn3c(N)c(Br)c(C4CCCN(CC[OH2+])C4)nc23)cn1. The second-order valence-electron chi connectivity index (χ2n) is 6.78. The van der Waals surface area contributed by atoms with Gasteiger partial charge in [0.1, 0.15) is 5.82 Å². The van der Waals surface area contributed by atoms with E-state index >= 15 is 0 Å². The summed E-state index contributed by atoms with van der Waals surface area (Å²) in [6.07, 6.45) is 7.74. The molecule has 4 heterocycles. The van der Waals surface area contributed by atoms with Crippen molar-refractivity contribution in [3.63, 3.8) is 0 Å². The van der Waals surface area contributed by atoms with Gasteiger partial charge in [-0.1, -0.05) is 0 Å². The molecular formula is C17H23BrN7O+. The Morgan fingerprint density at radius 1 is 1.35 bits per heavy atom. The molecule has 3 aromatic heterocycles. The predicted octanol–water partition coefficient (Wildman–Crippen LogP) is 1.38. The van der Waals surface area contributed by atoms with E-state index in [1.54, 1.807) is 15.4 Å². The molecule has 138 valence electrons. The average Bonchev–Trinajstić information content (AvgIpc) is 3.24. The molecule has 8 nitrogen and oxygen atoms in total. The monoisotopic (exact) mass is 420 g/mol. The number of hydrogen-bond donors (Lipinski definition) is 1. The largest absolute Gasteiger partial charge is 0.444 e. The lowest BCUT2D eigenvalue weighted by molar-refractivity contribution is 0.160. The zero-order chi connectivity index (χ0) is 18.3. The molecule has 4 rings (SSSR count). The van der Waals surface area contributed by atoms with Gasteiger partial charge in [0.15, 0.2) is 12.3 Å². The number of anilines is 1. The second kappa shape index (κ2) is 6.98. The van der Waals surface area contributed by atoms with Crippen molar-refractivity contribution in [3.8, 4) is 11.1 Å². The third-order valence-corrected chi connectivity index (χ3v) is 5.80. The Bertz CT molecular complexity index is 933. The van der Waals surface area contributed by atoms with Crippen molar-refractivity contribution in [2.24, 2.45) is 7.05 Å². The van der Waals surface area contributed by atoms with Crippen LogP contribution in [0.3, 0.4) is 0 Å². The number of nitrogen functional groups attached to an aromatic ring is 1. The first-order valence-corrected chi connectivity index (χ1v) is 9.56. The van der Waals surface area contributed by atoms with E-state index in [-0.39, 0.29) is 0 Å². The van der Waals surface area contributed by atoms with Crippen LogP contribution in [-0.4, -0.2) is 60.6 Å². The van der Waals surface area contributed by atoms with Gasteiger partial charge in [-0.3, -0.25) is 9.58 Å². The van der Waals surface area contributed by atoms with Gasteiger partial charge in [-0.05, 0) is 35.3 Å². The molecule has 1 fully saturated rings. The maximum Gasteiger partial charge on any atom is 0.165 e. The number of nitrogens with two attached hydrogens (primary N) is 1. The van der Waals surface area contributed by atoms with Crippen molar-refractivity contribution in [1.29, 1.82) is 0 Å². The summed E-state index contributed by atoms with van der Waals surface area (Å²) in [4.78, 5) is 7.30. The maximum atomic E-state index is 7.49. The highest BCUT2D eigenvalue weighted by Gasteiger charge is 2.27. The molecule has 0 aliphatic carbocycles. The number of halogens is 1. The molecule has 0 radical (unpaired) electrons. The van der Waals surface area contributed by atoms with E-state index in [0.29, 0.717) is 18.3 Å². The Morgan fingerprint density at radius 2 is 2.19 bits per heavy atom. The molecule has 9 heteroatoms. The van der Waals surface area contributed by atoms with Crippen LogP contribution in [0.4, 0.5) is 5.82 Å². The highest BCUT2D eigenvalue weighted by molar-refractivity contribution is 9.10. The topological polar surface area (TPSA) is 100 Å². The molecule has 1 atom stereocenters. The number of rotatable bonds is 4. The average molecular weight is 421 g/mol. The Morgan fingerprint density at radius 3 is 2.92 bits per heavy atom. The summed E-state index contributed by atoms with van der Waals surface area (Å²) in [6, 6.07) is 0. The van der Waals surface area contributed by atoms with Gasteiger partial charge in [0.2, 0.25) is 0 Å². The fourth-order valence-corrected chi connectivity index (χ4v) is 4.27. The first-order chi connectivity index (χ1) is 12.6. The van der Waals surface area contributed by atoms with Gasteiger partial charge in [-0.15, -0.1) is 0 Å². The van der Waals surface area contributed by atoms with Crippen molar-refractivity contribution in [3.05, 3.63) is 28.8 Å². The Kier molecular flexibility index (Phi) is 4.68. The van der Waals surface area contributed by atoms with Crippen LogP contribution in [0, 0.1) is 0 Å². The van der Waals surface area contributed by atoms with Crippen LogP contribution in [-0.2, 0) is 7.05 Å². The molecule has 1 unspecified atom stereocenters. The minimum absolute atomic E-state index is 0.300. The number of aryl methyl sites for hydroxylation is 1. The molecule has 1 saturated heterocycles. The summed E-state index contributed by atoms with van der Waals surface area (Å²) in [5.41, 5.74) is 10.0. The molecule has 1 aliphatic heterocycles. The first-order valence-electron chi connectivity index (χ1n) is 8.77. The third kappa shape index (κ3) is 3.00. The molecule has 0 spiro atoms. The third-order valence-electron chi connectivity index (χ3n) is 4.98. The number of fused-ring (bicyclic) bond motifs is 1. The molecule has 26 heavy (non-hydrogen) atoms. The molecule has 0 amide bonds. The van der Waals surface area contributed by atoms with Crippen LogP contribution in [0.2, 0.25) is 0 Å². The van der Waals surface area contributed by atoms with Crippen LogP contribution in [0.1, 0.15) is 24.5 Å². The quantitative estimate of drug-likeness (QED) is 0.642. The van der Waals surface area contributed by atoms with Crippen LogP contribution < -0.4 is 5.73 Å². The van der Waals surface area contributed by atoms with Crippen molar-refractivity contribution >= 4 is 27.4 Å². The van der Waals surface area contributed by atoms with E-state index in [1.807, 2.05) is 19.4 Å². The summed E-state index contributed by atoms with van der Waals surface area (Å²) in [7, 11) is 1.89. The van der Waals surface area contributed by atoms with E-state index in [1.165, 1.54) is 0 Å². The number of likely N-dealkylation sites (tertiary alicyclic amines) is 1. The second-order valence-corrected chi connectivity index (χ2v) is 7.58. The minimum Gasteiger partial charge on any atom is -0.444 e. The molecule has 1 aliphatic rings. The number of piperidine rings is 1. The highest BCUT2D eigenvalue weighted by Crippen LogP contribution is 2.36. The summed E-state index contributed by atoms with van der Waals surface area (Å²) in [5.74, 6) is 0.867. The van der Waals surface area contributed by atoms with Gasteiger partial charge < -0.3 is 10.8 Å². The van der Waals surface area contributed by atoms with E-state index in [0.717, 1.165) is 59.4 Å². The Labute approximate surface area is 159 Å². The van der Waals surface area contributed by atoms with Crippen molar-refractivity contribution in [2.75, 3.05) is 32.0 Å². The van der Waals surface area contributed by atoms with Gasteiger partial charge in [-0.2, -0.15) is 14.7 Å². The van der Waals surface area contributed by atoms with E-state index in [4.69, 9.17) is 15.8 Å². The molecule has 0 saturated carbocycles. The lowest BCUT2D eigenvalue weighted by Crippen LogP contribution is -2.36. The predicted molar refractivity (Wildman–Crippen MR) is 104 cm³/mol. The molecule has 0 aromatic carbocycles. The van der Waals surface area contributed by atoms with Gasteiger partial charge in [-0.25, -0.2) is 4.98 Å². The van der Waals surface area contributed by atoms with Crippen LogP contribution >= 0.6 is 15.9 Å². The maximum absolute atomic E-state index is 7.49. The summed E-state index contributed by atoms with van der Waals surface area (Å²) in [6.45, 7) is 3.20. The lowest BCUT2D eigenvalue weighted by Gasteiger charge is -2.31. The fraction of sp³-hybridized carbons (Fsp3) is 0.471. The minimum atomic E-state index is 0.300. The number of hydrogen-bond acceptors (Lipinski definition) is 5. The standard InChI is InChI=1S/C17H22BrN7O/c1-23-9-12(7-20-23)13-8-21-25-16(19)14(18)15(22-17(13)25)11-3-2-4-24(10-11)5-6-26/h7-9,11,26H,2-6,10,19H2,1H3/p+1. The van der Waals surface area contributed by atoms with Crippen LogP contribution in [0.25, 0.3) is 16.8 Å². The smallest absolute Gasteiger partial charge is 0.165 e. The molecule has 4 N–H and O–H groups in total. The first kappa shape index (κ1) is 17.4. The summed E-state index contributed by atoms with van der Waals surface area (Å²) in [5, 5.41) is 16.2. The summed E-state index contributed by atoms with van der Waals surface area (Å²) >= 11 is 3.65. The molecule has 3 aromatic rings. The normalized spacial score (nSPS) is 18.7. The van der Waals surface area contributed by atoms with E-state index < -0.39 is 0 Å². The van der Waals surface area contributed by atoms with Crippen molar-refractivity contribution < 1.29 is 5.11 Å². The van der Waals surface area contributed by atoms with Crippen molar-refractivity contribution in [1.82, 2.24) is 29.3 Å². The van der Waals surface area contributed by atoms with Crippen LogP contribution in [0.15, 0.2) is 23.1 Å². The zero-order valence-electron chi connectivity index (χ0n) is 14.7. The van der Waals surface area contributed by atoms with Gasteiger partial charge in [0, 0.05) is 36.8 Å². The molecular weight excluding hydrogens is 398 g/mol. The highest BCUT2D eigenvalue weighted by atomic mass is 79.9. The zero-order valence-corrected chi connectivity index (χ0v) is 16.3. The number of aromatic nitrogens is 5. The lowest BCUT2D eigenvalue weighted by atomic mass is 9.94. The fourth-order valence-electron chi connectivity index (χ4n) is 3.69. The van der Waals surface area contributed by atoms with Gasteiger partial charge >= 0.3 is 0 Å². The Hall–Kier alpha value is -1.97. The van der Waals surface area contributed by atoms with Gasteiger partial charge in [0.05, 0.1) is 29.1 Å². The molecule has 0 bridgehead atoms. The Balaban J connectivity index is 1.79. The summed E-state index contributed by atoms with van der Waals surface area (Å²) < 4.78 is 4.27. The van der Waals surface area contributed by atoms with E-state index in [9.17, 15) is 0 Å². The number of nitrogens with zero attached hydrogens (tertiary/aromatic N) is 6. The van der Waals surface area contributed by atoms with Gasteiger partial charge in [0.25, 0.3) is 0 Å². The van der Waals surface area contributed by atoms with E-state index in [2.05, 4.69) is 31.0 Å². The van der Waals surface area contributed by atoms with Crippen molar-refractivity contribution in [2.45, 2.75) is 18.8 Å². The van der Waals surface area contributed by atoms with Crippen LogP contribution in [0.5, 0.6) is 0 Å².